The van der Waals surface area contributed by atoms with Gasteiger partial charge >= 0.3 is 12.1 Å². The van der Waals surface area contributed by atoms with Crippen LogP contribution in [0, 0.1) is 11.8 Å². The Kier molecular flexibility index (Phi) is 5.68. The second kappa shape index (κ2) is 7.99. The van der Waals surface area contributed by atoms with Crippen molar-refractivity contribution < 1.29 is 19.4 Å². The van der Waals surface area contributed by atoms with E-state index < -0.39 is 18.1 Å². The molecule has 1 aromatic carbocycles. The summed E-state index contributed by atoms with van der Waals surface area (Å²) in [5.74, 6) is -0.429. The van der Waals surface area contributed by atoms with E-state index >= 15 is 0 Å². The fourth-order valence-corrected chi connectivity index (χ4v) is 4.09. The van der Waals surface area contributed by atoms with Crippen molar-refractivity contribution in [2.75, 3.05) is 13.7 Å². The first-order chi connectivity index (χ1) is 12.9. The highest BCUT2D eigenvalue weighted by atomic mass is 16.6. The standard InChI is InChI=1S/C22H27NO4/c1-14(2)12-20(21(24)25)23(3)22(26)27-13-19-17-10-6-4-8-15(17)16-9-5-7-11-18(16)19/h4-10,14,18-20H,11-13H2,1-3H3,(H,24,25)/t18?,19?,20-/m0/s1. The van der Waals surface area contributed by atoms with Crippen LogP contribution < -0.4 is 0 Å². The van der Waals surface area contributed by atoms with Crippen LogP contribution >= 0.6 is 0 Å². The first-order valence-electron chi connectivity index (χ1n) is 9.48. The number of carboxylic acids is 1. The zero-order chi connectivity index (χ0) is 19.6. The molecular weight excluding hydrogens is 342 g/mol. The molecule has 2 unspecified atom stereocenters. The molecule has 1 amide bonds. The third-order valence-electron chi connectivity index (χ3n) is 5.48. The molecule has 0 bridgehead atoms. The van der Waals surface area contributed by atoms with Gasteiger partial charge in [-0.2, -0.15) is 0 Å². The van der Waals surface area contributed by atoms with Gasteiger partial charge in [0.15, 0.2) is 0 Å². The molecule has 0 spiro atoms. The van der Waals surface area contributed by atoms with E-state index in [1.807, 2.05) is 26.0 Å². The number of carboxylic acid groups (broad SMARTS) is 1. The molecule has 5 nitrogen and oxygen atoms in total. The number of benzene rings is 1. The summed E-state index contributed by atoms with van der Waals surface area (Å²) < 4.78 is 5.58. The van der Waals surface area contributed by atoms with Gasteiger partial charge in [0.2, 0.25) is 0 Å². The largest absolute Gasteiger partial charge is 0.480 e. The van der Waals surface area contributed by atoms with Gasteiger partial charge in [0.1, 0.15) is 12.6 Å². The number of carbonyl (C=O) groups is 2. The highest BCUT2D eigenvalue weighted by molar-refractivity contribution is 5.80. The highest BCUT2D eigenvalue weighted by Gasteiger charge is 2.37. The molecule has 27 heavy (non-hydrogen) atoms. The number of ether oxygens (including phenoxy) is 1. The first-order valence-corrected chi connectivity index (χ1v) is 9.48. The summed E-state index contributed by atoms with van der Waals surface area (Å²) in [5, 5.41) is 9.44. The highest BCUT2D eigenvalue weighted by Crippen LogP contribution is 2.49. The van der Waals surface area contributed by atoms with E-state index in [9.17, 15) is 14.7 Å². The number of fused-ring (bicyclic) bond motifs is 3. The Morgan fingerprint density at radius 2 is 2.04 bits per heavy atom. The lowest BCUT2D eigenvalue weighted by atomic mass is 9.86. The van der Waals surface area contributed by atoms with Gasteiger partial charge in [0.25, 0.3) is 0 Å². The SMILES string of the molecule is CC(C)C[C@@H](C(=O)O)N(C)C(=O)OCC1c2ccccc2C2=CC=CCC21. The van der Waals surface area contributed by atoms with E-state index in [-0.39, 0.29) is 18.4 Å². The van der Waals surface area contributed by atoms with Gasteiger partial charge < -0.3 is 9.84 Å². The monoisotopic (exact) mass is 369 g/mol. The lowest BCUT2D eigenvalue weighted by molar-refractivity contribution is -0.142. The Bertz CT molecular complexity index is 780. The van der Waals surface area contributed by atoms with E-state index in [1.54, 1.807) is 0 Å². The van der Waals surface area contributed by atoms with Crippen molar-refractivity contribution in [3.05, 3.63) is 53.6 Å². The Balaban J connectivity index is 1.71. The maximum absolute atomic E-state index is 12.5. The summed E-state index contributed by atoms with van der Waals surface area (Å²) in [4.78, 5) is 25.2. The van der Waals surface area contributed by atoms with Crippen LogP contribution in [0.3, 0.4) is 0 Å². The van der Waals surface area contributed by atoms with Crippen molar-refractivity contribution in [1.29, 1.82) is 0 Å². The molecule has 1 aromatic rings. The average molecular weight is 369 g/mol. The fraction of sp³-hybridized carbons (Fsp3) is 0.455. The van der Waals surface area contributed by atoms with Crippen LogP contribution in [0.5, 0.6) is 0 Å². The Morgan fingerprint density at radius 1 is 1.30 bits per heavy atom. The molecule has 2 aliphatic carbocycles. The summed E-state index contributed by atoms with van der Waals surface area (Å²) in [6.45, 7) is 4.13. The average Bonchev–Trinajstić information content (AvgIpc) is 2.97. The van der Waals surface area contributed by atoms with Crippen molar-refractivity contribution in [1.82, 2.24) is 4.90 Å². The number of likely N-dealkylation sites (N-methyl/N-ethyl adjacent to an activating group) is 1. The molecule has 2 aliphatic rings. The van der Waals surface area contributed by atoms with E-state index in [1.165, 1.54) is 28.6 Å². The molecule has 0 aromatic heterocycles. The lowest BCUT2D eigenvalue weighted by Gasteiger charge is -2.27. The number of hydrogen-bond acceptors (Lipinski definition) is 3. The van der Waals surface area contributed by atoms with Crippen LogP contribution in [0.25, 0.3) is 5.57 Å². The van der Waals surface area contributed by atoms with Gasteiger partial charge in [0.05, 0.1) is 0 Å². The fourth-order valence-electron chi connectivity index (χ4n) is 4.09. The van der Waals surface area contributed by atoms with Gasteiger partial charge in [-0.05, 0) is 41.4 Å². The summed E-state index contributed by atoms with van der Waals surface area (Å²) in [6.07, 6.45) is 7.10. The lowest BCUT2D eigenvalue weighted by Crippen LogP contribution is -2.43. The van der Waals surface area contributed by atoms with Gasteiger partial charge in [-0.15, -0.1) is 0 Å². The number of allylic oxidation sites excluding steroid dienone is 4. The van der Waals surface area contributed by atoms with Gasteiger partial charge in [-0.1, -0.05) is 56.3 Å². The number of hydrogen-bond donors (Lipinski definition) is 1. The van der Waals surface area contributed by atoms with E-state index in [0.29, 0.717) is 12.3 Å². The molecule has 0 radical (unpaired) electrons. The molecular formula is C22H27NO4. The maximum Gasteiger partial charge on any atom is 0.410 e. The Morgan fingerprint density at radius 3 is 2.74 bits per heavy atom. The number of nitrogens with zero attached hydrogens (tertiary/aromatic N) is 1. The van der Waals surface area contributed by atoms with Crippen LogP contribution in [0.2, 0.25) is 0 Å². The smallest absolute Gasteiger partial charge is 0.410 e. The van der Waals surface area contributed by atoms with Gasteiger partial charge in [-0.3, -0.25) is 4.90 Å². The predicted octanol–water partition coefficient (Wildman–Crippen LogP) is 4.31. The maximum atomic E-state index is 12.5. The molecule has 3 rings (SSSR count). The zero-order valence-corrected chi connectivity index (χ0v) is 16.1. The molecule has 0 fully saturated rings. The molecule has 0 aliphatic heterocycles. The number of rotatable bonds is 6. The van der Waals surface area contributed by atoms with Crippen molar-refractivity contribution in [2.45, 2.75) is 38.6 Å². The topological polar surface area (TPSA) is 66.8 Å². The summed E-state index contributed by atoms with van der Waals surface area (Å²) >= 11 is 0. The quantitative estimate of drug-likeness (QED) is 0.811. The van der Waals surface area contributed by atoms with Crippen molar-refractivity contribution in [3.63, 3.8) is 0 Å². The van der Waals surface area contributed by atoms with Crippen molar-refractivity contribution >= 4 is 17.6 Å². The van der Waals surface area contributed by atoms with Crippen LogP contribution in [0.15, 0.2) is 42.5 Å². The zero-order valence-electron chi connectivity index (χ0n) is 16.1. The first kappa shape index (κ1) is 19.2. The minimum atomic E-state index is -1.00. The Hall–Kier alpha value is -2.56. The van der Waals surface area contributed by atoms with Crippen LogP contribution in [0.4, 0.5) is 4.79 Å². The molecule has 0 saturated carbocycles. The second-order valence-corrected chi connectivity index (χ2v) is 7.76. The minimum Gasteiger partial charge on any atom is -0.480 e. The summed E-state index contributed by atoms with van der Waals surface area (Å²) in [6, 6.07) is 7.37. The molecule has 3 atom stereocenters. The molecule has 5 heteroatoms. The summed E-state index contributed by atoms with van der Waals surface area (Å²) in [7, 11) is 1.50. The predicted molar refractivity (Wildman–Crippen MR) is 104 cm³/mol. The van der Waals surface area contributed by atoms with Crippen molar-refractivity contribution in [2.24, 2.45) is 11.8 Å². The van der Waals surface area contributed by atoms with Crippen LogP contribution in [-0.4, -0.2) is 41.8 Å². The number of aliphatic carboxylic acids is 1. The van der Waals surface area contributed by atoms with E-state index in [0.717, 1.165) is 6.42 Å². The number of carbonyl (C=O) groups excluding carboxylic acids is 1. The van der Waals surface area contributed by atoms with Gasteiger partial charge in [-0.25, -0.2) is 9.59 Å². The minimum absolute atomic E-state index is 0.100. The Labute approximate surface area is 160 Å². The van der Waals surface area contributed by atoms with E-state index in [2.05, 4.69) is 30.4 Å². The third-order valence-corrected chi connectivity index (χ3v) is 5.48. The third kappa shape index (κ3) is 3.92. The molecule has 0 saturated heterocycles. The second-order valence-electron chi connectivity index (χ2n) is 7.76. The van der Waals surface area contributed by atoms with E-state index in [4.69, 9.17) is 4.74 Å². The van der Waals surface area contributed by atoms with Crippen molar-refractivity contribution in [3.8, 4) is 0 Å². The molecule has 0 heterocycles. The molecule has 1 N–H and O–H groups in total. The van der Waals surface area contributed by atoms with Gasteiger partial charge in [0, 0.05) is 13.0 Å². The summed E-state index contributed by atoms with van der Waals surface area (Å²) in [5.41, 5.74) is 3.72. The number of amides is 1. The van der Waals surface area contributed by atoms with Crippen LogP contribution in [-0.2, 0) is 9.53 Å². The normalized spacial score (nSPS) is 21.3. The van der Waals surface area contributed by atoms with Crippen LogP contribution in [0.1, 0.15) is 43.7 Å². The molecule has 144 valence electrons.